The van der Waals surface area contributed by atoms with Crippen molar-refractivity contribution in [1.29, 1.82) is 0 Å². The molecule has 28 heavy (non-hydrogen) atoms. The number of nitrogens with one attached hydrogen (secondary N) is 3. The molecule has 2 amide bonds. The van der Waals surface area contributed by atoms with Crippen LogP contribution in [0.25, 0.3) is 10.6 Å². The number of ether oxygens (including phenoxy) is 1. The number of hydrazine groups is 1. The summed E-state index contributed by atoms with van der Waals surface area (Å²) in [7, 11) is 1.57. The number of hydrogen-bond donors (Lipinski definition) is 3. The lowest BCUT2D eigenvalue weighted by atomic mass is 10.2. The van der Waals surface area contributed by atoms with Crippen molar-refractivity contribution in [3.05, 3.63) is 65.2 Å². The van der Waals surface area contributed by atoms with Gasteiger partial charge in [-0.2, -0.15) is 0 Å². The number of nitrogens with zero attached hydrogens (tertiary/aromatic N) is 1. The molecule has 0 radical (unpaired) electrons. The highest BCUT2D eigenvalue weighted by atomic mass is 32.1. The van der Waals surface area contributed by atoms with E-state index in [2.05, 4.69) is 21.2 Å². The lowest BCUT2D eigenvalue weighted by Crippen LogP contribution is -2.44. The maximum Gasteiger partial charge on any atom is 0.289 e. The number of carbonyl (C=O) groups is 2. The minimum atomic E-state index is -0.468. The molecule has 0 aliphatic carbocycles. The fourth-order valence-electron chi connectivity index (χ4n) is 2.36. The number of benzene rings is 2. The molecule has 0 aliphatic rings. The summed E-state index contributed by atoms with van der Waals surface area (Å²) in [5.74, 6) is -0.166. The summed E-state index contributed by atoms with van der Waals surface area (Å²) in [5.41, 5.74) is 7.83. The van der Waals surface area contributed by atoms with E-state index in [1.54, 1.807) is 18.6 Å². The molecule has 2 aromatic carbocycles. The lowest BCUT2D eigenvalue weighted by Gasteiger charge is -2.09. The van der Waals surface area contributed by atoms with E-state index in [0.29, 0.717) is 5.75 Å². The number of hydrogen-bond acceptors (Lipinski definition) is 6. The number of aryl methyl sites for hydroxylation is 1. The third kappa shape index (κ3) is 5.08. The van der Waals surface area contributed by atoms with Crippen LogP contribution in [-0.4, -0.2) is 30.5 Å². The second-order valence-electron chi connectivity index (χ2n) is 5.99. The predicted molar refractivity (Wildman–Crippen MR) is 109 cm³/mol. The molecule has 3 rings (SSSR count). The van der Waals surface area contributed by atoms with Crippen LogP contribution in [-0.2, 0) is 4.79 Å². The van der Waals surface area contributed by atoms with Gasteiger partial charge in [0.1, 0.15) is 16.5 Å². The number of amides is 2. The Balaban J connectivity index is 1.49. The first-order valence-corrected chi connectivity index (χ1v) is 9.43. The number of anilines is 1. The fourth-order valence-corrected chi connectivity index (χ4v) is 3.16. The molecule has 1 heterocycles. The highest BCUT2D eigenvalue weighted by Crippen LogP contribution is 2.23. The number of aromatic nitrogens is 1. The zero-order chi connectivity index (χ0) is 19.9. The second-order valence-corrected chi connectivity index (χ2v) is 6.85. The van der Waals surface area contributed by atoms with Gasteiger partial charge in [0.25, 0.3) is 11.8 Å². The van der Waals surface area contributed by atoms with Crippen molar-refractivity contribution in [3.8, 4) is 16.3 Å². The van der Waals surface area contributed by atoms with E-state index in [1.807, 2.05) is 49.4 Å². The third-order valence-corrected chi connectivity index (χ3v) is 4.76. The fraction of sp³-hybridized carbons (Fsp3) is 0.150. The monoisotopic (exact) mass is 396 g/mol. The Morgan fingerprint density at radius 2 is 1.89 bits per heavy atom. The van der Waals surface area contributed by atoms with Crippen molar-refractivity contribution in [3.63, 3.8) is 0 Å². The Morgan fingerprint density at radius 1 is 1.11 bits per heavy atom. The van der Waals surface area contributed by atoms with Crippen molar-refractivity contribution in [2.24, 2.45) is 0 Å². The van der Waals surface area contributed by atoms with Crippen molar-refractivity contribution in [2.45, 2.75) is 6.92 Å². The first kappa shape index (κ1) is 19.4. The van der Waals surface area contributed by atoms with Gasteiger partial charge in [-0.3, -0.25) is 20.4 Å². The van der Waals surface area contributed by atoms with Gasteiger partial charge in [0.15, 0.2) is 0 Å². The summed E-state index contributed by atoms with van der Waals surface area (Å²) >= 11 is 1.37. The van der Waals surface area contributed by atoms with Gasteiger partial charge < -0.3 is 10.1 Å². The molecule has 0 unspecified atom stereocenters. The lowest BCUT2D eigenvalue weighted by molar-refractivity contribution is -0.120. The molecule has 0 fully saturated rings. The van der Waals surface area contributed by atoms with Gasteiger partial charge in [-0.15, -0.1) is 11.3 Å². The molecule has 3 aromatic rings. The molecule has 0 saturated heterocycles. The van der Waals surface area contributed by atoms with Crippen LogP contribution in [0.5, 0.6) is 5.75 Å². The first-order valence-electron chi connectivity index (χ1n) is 8.55. The average Bonchev–Trinajstić information content (AvgIpc) is 3.21. The van der Waals surface area contributed by atoms with Crippen LogP contribution in [0.4, 0.5) is 5.69 Å². The van der Waals surface area contributed by atoms with E-state index in [4.69, 9.17) is 4.74 Å². The van der Waals surface area contributed by atoms with Crippen LogP contribution >= 0.6 is 11.3 Å². The molecule has 0 saturated carbocycles. The molecule has 144 valence electrons. The van der Waals surface area contributed by atoms with Crippen molar-refractivity contribution >= 4 is 28.8 Å². The Morgan fingerprint density at radius 3 is 2.64 bits per heavy atom. The largest absolute Gasteiger partial charge is 0.497 e. The van der Waals surface area contributed by atoms with Gasteiger partial charge >= 0.3 is 0 Å². The molecule has 8 heteroatoms. The minimum absolute atomic E-state index is 0.000864. The highest BCUT2D eigenvalue weighted by Gasteiger charge is 2.12. The molecule has 0 spiro atoms. The van der Waals surface area contributed by atoms with Crippen molar-refractivity contribution in [2.75, 3.05) is 19.0 Å². The van der Waals surface area contributed by atoms with Gasteiger partial charge in [-0.1, -0.05) is 35.9 Å². The van der Waals surface area contributed by atoms with Crippen LogP contribution in [0.15, 0.2) is 53.9 Å². The standard InChI is InChI=1S/C20H20N4O3S/c1-13-6-8-14(9-7-13)20-22-17(12-28-20)19(26)24-23-18(25)11-21-15-4-3-5-16(10-15)27-2/h3-10,12,21H,11H2,1-2H3,(H,23,25)(H,24,26). The molecule has 1 aromatic heterocycles. The smallest absolute Gasteiger partial charge is 0.289 e. The zero-order valence-electron chi connectivity index (χ0n) is 15.5. The number of carbonyl (C=O) groups excluding carboxylic acids is 2. The summed E-state index contributed by atoms with van der Waals surface area (Å²) in [6.45, 7) is 2.01. The number of rotatable bonds is 6. The van der Waals surface area contributed by atoms with E-state index in [1.165, 1.54) is 11.3 Å². The molecular weight excluding hydrogens is 376 g/mol. The molecule has 3 N–H and O–H groups in total. The van der Waals surface area contributed by atoms with Gasteiger partial charge in [-0.25, -0.2) is 4.98 Å². The predicted octanol–water partition coefficient (Wildman–Crippen LogP) is 3.00. The Kier molecular flexibility index (Phi) is 6.23. The van der Waals surface area contributed by atoms with Crippen molar-refractivity contribution in [1.82, 2.24) is 15.8 Å². The van der Waals surface area contributed by atoms with Crippen LogP contribution < -0.4 is 20.9 Å². The van der Waals surface area contributed by atoms with E-state index >= 15 is 0 Å². The molecule has 0 atom stereocenters. The summed E-state index contributed by atoms with van der Waals surface area (Å²) < 4.78 is 5.13. The molecular formula is C20H20N4O3S. The second kappa shape index (κ2) is 9.01. The van der Waals surface area contributed by atoms with Gasteiger partial charge in [-0.05, 0) is 19.1 Å². The molecule has 0 bridgehead atoms. The Hall–Kier alpha value is -3.39. The topological polar surface area (TPSA) is 92.4 Å². The first-order chi connectivity index (χ1) is 13.5. The van der Waals surface area contributed by atoms with E-state index in [0.717, 1.165) is 21.8 Å². The van der Waals surface area contributed by atoms with Gasteiger partial charge in [0, 0.05) is 22.7 Å². The van der Waals surface area contributed by atoms with Gasteiger partial charge in [0.2, 0.25) is 0 Å². The average molecular weight is 396 g/mol. The van der Waals surface area contributed by atoms with E-state index < -0.39 is 5.91 Å². The minimum Gasteiger partial charge on any atom is -0.497 e. The van der Waals surface area contributed by atoms with E-state index in [-0.39, 0.29) is 18.1 Å². The van der Waals surface area contributed by atoms with Gasteiger partial charge in [0.05, 0.1) is 13.7 Å². The van der Waals surface area contributed by atoms with Crippen molar-refractivity contribution < 1.29 is 14.3 Å². The maximum atomic E-state index is 12.2. The molecule has 0 aliphatic heterocycles. The van der Waals surface area contributed by atoms with Crippen LogP contribution in [0.1, 0.15) is 16.1 Å². The summed E-state index contributed by atoms with van der Waals surface area (Å²) in [5, 5.41) is 5.36. The SMILES string of the molecule is COc1cccc(NCC(=O)NNC(=O)c2csc(-c3ccc(C)cc3)n2)c1. The Labute approximate surface area is 166 Å². The zero-order valence-corrected chi connectivity index (χ0v) is 16.3. The molecule has 7 nitrogen and oxygen atoms in total. The number of methoxy groups -OCH3 is 1. The summed E-state index contributed by atoms with van der Waals surface area (Å²) in [6.07, 6.45) is 0. The van der Waals surface area contributed by atoms with Crippen LogP contribution in [0.3, 0.4) is 0 Å². The number of thiazole rings is 1. The third-order valence-electron chi connectivity index (χ3n) is 3.87. The van der Waals surface area contributed by atoms with E-state index in [9.17, 15) is 9.59 Å². The summed E-state index contributed by atoms with van der Waals surface area (Å²) in [4.78, 5) is 28.4. The Bertz CT molecular complexity index is 970. The van der Waals surface area contributed by atoms with Crippen LogP contribution in [0, 0.1) is 6.92 Å². The van der Waals surface area contributed by atoms with Crippen LogP contribution in [0.2, 0.25) is 0 Å². The summed E-state index contributed by atoms with van der Waals surface area (Å²) in [6, 6.07) is 15.1. The normalized spacial score (nSPS) is 10.2. The maximum absolute atomic E-state index is 12.2. The highest BCUT2D eigenvalue weighted by molar-refractivity contribution is 7.13. The quantitative estimate of drug-likeness (QED) is 0.557.